The van der Waals surface area contributed by atoms with Crippen molar-refractivity contribution in [2.75, 3.05) is 24.6 Å². The zero-order chi connectivity index (χ0) is 35.9. The SMILES string of the molecule is CCOC(=O)c1cc(C#N)c(N2CC(C(=O)NS(=O)(=O)Cc3cccc(Cl)c3)C2)nc1C(F)(F)F.O=C(OC(F)(F)F)c1cccnc1. The summed E-state index contributed by atoms with van der Waals surface area (Å²) < 4.78 is 110. The summed E-state index contributed by atoms with van der Waals surface area (Å²) in [5, 5.41) is 9.71. The lowest BCUT2D eigenvalue weighted by molar-refractivity contribution is -0.291. The van der Waals surface area contributed by atoms with Gasteiger partial charge in [-0.05, 0) is 42.8 Å². The van der Waals surface area contributed by atoms with Gasteiger partial charge < -0.3 is 14.4 Å². The summed E-state index contributed by atoms with van der Waals surface area (Å²) in [6.07, 6.45) is -7.63. The predicted molar refractivity (Wildman–Crippen MR) is 154 cm³/mol. The number of benzene rings is 1. The fourth-order valence-corrected chi connectivity index (χ4v) is 5.37. The van der Waals surface area contributed by atoms with Gasteiger partial charge in [0.1, 0.15) is 11.9 Å². The summed E-state index contributed by atoms with van der Waals surface area (Å²) in [5.41, 5.74) is -2.63. The highest BCUT2D eigenvalue weighted by atomic mass is 35.5. The number of rotatable bonds is 8. The average Bonchev–Trinajstić information content (AvgIpc) is 2.95. The van der Waals surface area contributed by atoms with Crippen molar-refractivity contribution < 1.29 is 58.6 Å². The predicted octanol–water partition coefficient (Wildman–Crippen LogP) is 4.64. The fraction of sp³-hybridized carbons (Fsp3) is 0.286. The van der Waals surface area contributed by atoms with Crippen LogP contribution in [0.4, 0.5) is 32.2 Å². The third-order valence-electron chi connectivity index (χ3n) is 6.05. The van der Waals surface area contributed by atoms with Crippen LogP contribution in [0.3, 0.4) is 0 Å². The van der Waals surface area contributed by atoms with Gasteiger partial charge in [0, 0.05) is 30.5 Å². The van der Waals surface area contributed by atoms with Crippen molar-refractivity contribution in [2.24, 2.45) is 5.92 Å². The van der Waals surface area contributed by atoms with Crippen LogP contribution in [0.1, 0.15) is 44.5 Å². The van der Waals surface area contributed by atoms with Crippen molar-refractivity contribution >= 4 is 45.3 Å². The Hall–Kier alpha value is -4.96. The smallest absolute Gasteiger partial charge is 0.462 e. The van der Waals surface area contributed by atoms with Gasteiger partial charge in [-0.1, -0.05) is 23.7 Å². The number of pyridine rings is 2. The van der Waals surface area contributed by atoms with Crippen molar-refractivity contribution in [3.8, 4) is 6.07 Å². The van der Waals surface area contributed by atoms with Crippen molar-refractivity contribution in [3.05, 3.63) is 87.8 Å². The molecule has 0 bridgehead atoms. The maximum absolute atomic E-state index is 13.5. The number of anilines is 1. The van der Waals surface area contributed by atoms with Crippen LogP contribution in [-0.4, -0.2) is 62.3 Å². The lowest BCUT2D eigenvalue weighted by Crippen LogP contribution is -2.55. The van der Waals surface area contributed by atoms with Crippen LogP contribution < -0.4 is 9.62 Å². The minimum atomic E-state index is -5.01. The minimum absolute atomic E-state index is 0.178. The van der Waals surface area contributed by atoms with E-state index in [4.69, 9.17) is 11.6 Å². The third-order valence-corrected chi connectivity index (χ3v) is 7.51. The molecule has 0 unspecified atom stereocenters. The van der Waals surface area contributed by atoms with E-state index >= 15 is 0 Å². The number of aromatic nitrogens is 2. The van der Waals surface area contributed by atoms with Gasteiger partial charge in [0.2, 0.25) is 15.9 Å². The van der Waals surface area contributed by atoms with Crippen molar-refractivity contribution in [1.82, 2.24) is 14.7 Å². The highest BCUT2D eigenvalue weighted by molar-refractivity contribution is 7.89. The van der Waals surface area contributed by atoms with E-state index in [-0.39, 0.29) is 36.6 Å². The van der Waals surface area contributed by atoms with E-state index in [1.165, 1.54) is 42.3 Å². The summed E-state index contributed by atoms with van der Waals surface area (Å²) in [6, 6.07) is 11.0. The van der Waals surface area contributed by atoms with Crippen molar-refractivity contribution in [3.63, 3.8) is 0 Å². The number of nitrogens with zero attached hydrogens (tertiary/aromatic N) is 4. The molecule has 0 saturated carbocycles. The molecule has 1 N–H and O–H groups in total. The van der Waals surface area contributed by atoms with Crippen LogP contribution in [0.2, 0.25) is 5.02 Å². The molecule has 1 aliphatic heterocycles. The first-order chi connectivity index (χ1) is 22.3. The summed E-state index contributed by atoms with van der Waals surface area (Å²) in [6.45, 7) is 0.869. The first kappa shape index (κ1) is 37.5. The second-order valence-corrected chi connectivity index (χ2v) is 11.8. The number of ether oxygens (including phenoxy) is 2. The van der Waals surface area contributed by atoms with Gasteiger partial charge in [-0.15, -0.1) is 13.2 Å². The van der Waals surface area contributed by atoms with Gasteiger partial charge in [0.05, 0.1) is 35.0 Å². The summed E-state index contributed by atoms with van der Waals surface area (Å²) in [7, 11) is -4.06. The molecule has 48 heavy (non-hydrogen) atoms. The van der Waals surface area contributed by atoms with E-state index < -0.39 is 63.3 Å². The number of alkyl halides is 6. The second-order valence-electron chi connectivity index (χ2n) is 9.62. The first-order valence-electron chi connectivity index (χ1n) is 13.3. The van der Waals surface area contributed by atoms with E-state index in [2.05, 4.69) is 19.4 Å². The zero-order valence-corrected chi connectivity index (χ0v) is 25.9. The Morgan fingerprint density at radius 1 is 1.08 bits per heavy atom. The van der Waals surface area contributed by atoms with Gasteiger partial charge in [-0.3, -0.25) is 14.5 Å². The molecule has 0 radical (unpaired) electrons. The Balaban J connectivity index is 0.000000402. The Labute approximate surface area is 273 Å². The van der Waals surface area contributed by atoms with E-state index in [0.717, 1.165) is 12.3 Å². The highest BCUT2D eigenvalue weighted by Crippen LogP contribution is 2.36. The van der Waals surface area contributed by atoms with Crippen LogP contribution in [0.15, 0.2) is 54.9 Å². The number of hydrogen-bond acceptors (Lipinski definition) is 11. The number of esters is 2. The fourth-order valence-electron chi connectivity index (χ4n) is 3.99. The lowest BCUT2D eigenvalue weighted by Gasteiger charge is -2.39. The molecular weight excluding hydrogens is 700 g/mol. The number of amides is 1. The zero-order valence-electron chi connectivity index (χ0n) is 24.3. The van der Waals surface area contributed by atoms with Crippen molar-refractivity contribution in [2.45, 2.75) is 25.2 Å². The molecule has 2 aromatic heterocycles. The van der Waals surface area contributed by atoms with Gasteiger partial charge in [-0.2, -0.15) is 18.4 Å². The third kappa shape index (κ3) is 10.5. The normalized spacial score (nSPS) is 13.3. The topological polar surface area (TPSA) is 169 Å². The minimum Gasteiger partial charge on any atom is -0.462 e. The maximum atomic E-state index is 13.5. The molecule has 0 aliphatic carbocycles. The quantitative estimate of drug-likeness (QED) is 0.254. The molecule has 4 rings (SSSR count). The van der Waals surface area contributed by atoms with Crippen LogP contribution >= 0.6 is 11.6 Å². The maximum Gasteiger partial charge on any atom is 0.575 e. The van der Waals surface area contributed by atoms with Gasteiger partial charge in [0.15, 0.2) is 5.69 Å². The summed E-state index contributed by atoms with van der Waals surface area (Å²) in [5.74, 6) is -5.34. The van der Waals surface area contributed by atoms with Crippen LogP contribution in [-0.2, 0) is 36.2 Å². The molecule has 20 heteroatoms. The lowest BCUT2D eigenvalue weighted by atomic mass is 9.98. The number of carbonyl (C=O) groups excluding carboxylic acids is 3. The van der Waals surface area contributed by atoms with Gasteiger partial charge in [0.25, 0.3) is 0 Å². The second kappa shape index (κ2) is 15.3. The number of carbonyl (C=O) groups is 3. The van der Waals surface area contributed by atoms with E-state index in [9.17, 15) is 54.4 Å². The number of hydrogen-bond donors (Lipinski definition) is 1. The molecule has 1 amide bonds. The Kier molecular flexibility index (Phi) is 11.9. The first-order valence-corrected chi connectivity index (χ1v) is 15.3. The molecule has 3 aromatic rings. The Morgan fingerprint density at radius 2 is 1.77 bits per heavy atom. The molecule has 1 fully saturated rings. The van der Waals surface area contributed by atoms with Crippen LogP contribution in [0, 0.1) is 17.2 Å². The molecule has 3 heterocycles. The summed E-state index contributed by atoms with van der Waals surface area (Å²) >= 11 is 5.83. The monoisotopic (exact) mass is 721 g/mol. The number of sulfonamides is 1. The molecular formula is C28H22ClF6N5O7S. The number of halogens is 7. The highest BCUT2D eigenvalue weighted by Gasteiger charge is 2.42. The van der Waals surface area contributed by atoms with Crippen molar-refractivity contribution in [1.29, 1.82) is 5.26 Å². The van der Waals surface area contributed by atoms with E-state index in [0.29, 0.717) is 10.6 Å². The molecule has 0 spiro atoms. The number of nitrogens with one attached hydrogen (secondary N) is 1. The molecule has 1 aromatic carbocycles. The number of nitriles is 1. The Bertz CT molecular complexity index is 1810. The van der Waals surface area contributed by atoms with Gasteiger partial charge in [-0.25, -0.2) is 23.0 Å². The van der Waals surface area contributed by atoms with E-state index in [1.54, 1.807) is 18.2 Å². The molecule has 0 atom stereocenters. The van der Waals surface area contributed by atoms with Gasteiger partial charge >= 0.3 is 24.5 Å². The molecule has 1 saturated heterocycles. The molecule has 1 aliphatic rings. The standard InChI is InChI=1S/C21H18ClF3N4O5S.C7H4F3NO2/c1-2-34-20(31)16-7-13(8-26)18(27-17(16)21(23,24)25)29-9-14(10-29)19(30)28-35(32,33)11-12-4-3-5-15(22)6-12;8-7(9,10)13-6(12)5-2-1-3-11-4-5/h3-7,14H,2,9-11H2,1H3,(H,28,30);1-4H. The molecule has 256 valence electrons. The Morgan fingerprint density at radius 3 is 2.31 bits per heavy atom. The largest absolute Gasteiger partial charge is 0.575 e. The van der Waals surface area contributed by atoms with E-state index in [1.807, 2.05) is 4.72 Å². The average molecular weight is 722 g/mol. The molecule has 12 nitrogen and oxygen atoms in total. The summed E-state index contributed by atoms with van der Waals surface area (Å²) in [4.78, 5) is 43.2. The van der Waals surface area contributed by atoms with Crippen LogP contribution in [0.25, 0.3) is 0 Å². The van der Waals surface area contributed by atoms with Crippen LogP contribution in [0.5, 0.6) is 0 Å².